The molecule has 2 saturated heterocycles. The summed E-state index contributed by atoms with van der Waals surface area (Å²) < 4.78 is 5.40. The lowest BCUT2D eigenvalue weighted by Crippen LogP contribution is -2.56. The van der Waals surface area contributed by atoms with E-state index in [2.05, 4.69) is 53.8 Å². The third-order valence-electron chi connectivity index (χ3n) is 8.37. The van der Waals surface area contributed by atoms with E-state index in [-0.39, 0.29) is 17.6 Å². The van der Waals surface area contributed by atoms with Gasteiger partial charge in [-0.05, 0) is 40.8 Å². The maximum absolute atomic E-state index is 13.0. The van der Waals surface area contributed by atoms with Crippen molar-refractivity contribution >= 4 is 17.5 Å². The summed E-state index contributed by atoms with van der Waals surface area (Å²) in [5.74, 6) is 0.0628. The average Bonchev–Trinajstić information content (AvgIpc) is 3.18. The Morgan fingerprint density at radius 3 is 2.59 bits per heavy atom. The summed E-state index contributed by atoms with van der Waals surface area (Å²) in [5, 5.41) is 9.36. The zero-order chi connectivity index (χ0) is 23.6. The number of ketones is 1. The van der Waals surface area contributed by atoms with Gasteiger partial charge in [0.2, 0.25) is 0 Å². The van der Waals surface area contributed by atoms with Crippen LogP contribution in [-0.4, -0.2) is 61.1 Å². The van der Waals surface area contributed by atoms with Gasteiger partial charge in [-0.15, -0.1) is 0 Å². The van der Waals surface area contributed by atoms with Crippen LogP contribution in [0.25, 0.3) is 6.08 Å². The quantitative estimate of drug-likeness (QED) is 0.760. The maximum Gasteiger partial charge on any atom is 0.170 e. The van der Waals surface area contributed by atoms with Crippen LogP contribution in [0.1, 0.15) is 71.2 Å². The summed E-state index contributed by atoms with van der Waals surface area (Å²) in [7, 11) is 0. The lowest BCUT2D eigenvalue weighted by Gasteiger charge is -2.44. The smallest absolute Gasteiger partial charge is 0.170 e. The number of aryl methyl sites for hydroxylation is 1. The van der Waals surface area contributed by atoms with Crippen LogP contribution in [0.4, 0.5) is 5.69 Å². The van der Waals surface area contributed by atoms with E-state index in [1.165, 1.54) is 22.4 Å². The van der Waals surface area contributed by atoms with E-state index in [4.69, 9.17) is 4.74 Å². The van der Waals surface area contributed by atoms with Crippen LogP contribution in [0.3, 0.4) is 0 Å². The van der Waals surface area contributed by atoms with E-state index < -0.39 is 0 Å². The molecule has 0 spiro atoms. The Balaban J connectivity index is 1.37. The number of hydrogen-bond donors (Lipinski definition) is 1. The first kappa shape index (κ1) is 21.6. The number of Topliss-reactive ketones (excluding diaryl/α,β-unsaturated/α-hetero) is 1. The molecule has 0 unspecified atom stereocenters. The molecule has 1 aromatic heterocycles. The first-order valence-corrected chi connectivity index (χ1v) is 12.5. The molecule has 34 heavy (non-hydrogen) atoms. The van der Waals surface area contributed by atoms with Gasteiger partial charge < -0.3 is 14.6 Å². The number of nitrogens with one attached hydrogen (secondary N) is 1. The lowest BCUT2D eigenvalue weighted by atomic mass is 9.70. The molecule has 0 atom stereocenters. The maximum atomic E-state index is 13.0. The number of carbonyl (C=O) groups excluding carboxylic acids is 1. The third-order valence-corrected chi connectivity index (χ3v) is 8.37. The van der Waals surface area contributed by atoms with Crippen LogP contribution < -0.4 is 4.90 Å². The molecule has 0 radical (unpaired) electrons. The van der Waals surface area contributed by atoms with Gasteiger partial charge in [0.25, 0.3) is 0 Å². The molecule has 0 saturated carbocycles. The van der Waals surface area contributed by atoms with Crippen LogP contribution in [-0.2, 0) is 23.0 Å². The Morgan fingerprint density at radius 2 is 1.94 bits per heavy atom. The highest BCUT2D eigenvalue weighted by atomic mass is 16.5. The van der Waals surface area contributed by atoms with Gasteiger partial charge in [0.15, 0.2) is 5.78 Å². The van der Waals surface area contributed by atoms with Gasteiger partial charge in [0.05, 0.1) is 31.0 Å². The minimum absolute atomic E-state index is 0.0628. The van der Waals surface area contributed by atoms with Crippen LogP contribution in [0, 0.1) is 11.3 Å². The second-order valence-electron chi connectivity index (χ2n) is 10.7. The number of H-pyrrole nitrogens is 1. The summed E-state index contributed by atoms with van der Waals surface area (Å²) in [6.45, 7) is 12.8. The summed E-state index contributed by atoms with van der Waals surface area (Å²) in [5.41, 5.74) is 9.57. The fourth-order valence-corrected chi connectivity index (χ4v) is 6.33. The Labute approximate surface area is 201 Å². The Kier molecular flexibility index (Phi) is 4.98. The first-order chi connectivity index (χ1) is 16.4. The van der Waals surface area contributed by atoms with Gasteiger partial charge in [-0.2, -0.15) is 5.26 Å². The zero-order valence-electron chi connectivity index (χ0n) is 20.3. The molecule has 2 aliphatic carbocycles. The van der Waals surface area contributed by atoms with Crippen molar-refractivity contribution in [1.29, 1.82) is 5.26 Å². The molecule has 1 N–H and O–H groups in total. The monoisotopic (exact) mass is 456 g/mol. The second-order valence-corrected chi connectivity index (χ2v) is 10.7. The number of hydrogen-bond acceptors (Lipinski definition) is 5. The molecule has 4 aliphatic rings. The predicted molar refractivity (Wildman–Crippen MR) is 132 cm³/mol. The molecule has 1 aromatic carbocycles. The van der Waals surface area contributed by atoms with Crippen molar-refractivity contribution in [2.24, 2.45) is 0 Å². The van der Waals surface area contributed by atoms with Crippen molar-refractivity contribution in [1.82, 2.24) is 9.88 Å². The van der Waals surface area contributed by atoms with Crippen molar-refractivity contribution < 1.29 is 9.53 Å². The predicted octanol–water partition coefficient (Wildman–Crippen LogP) is 3.82. The van der Waals surface area contributed by atoms with Gasteiger partial charge >= 0.3 is 0 Å². The number of carbonyl (C=O) groups is 1. The van der Waals surface area contributed by atoms with Gasteiger partial charge in [-0.1, -0.05) is 26.8 Å². The van der Waals surface area contributed by atoms with Crippen molar-refractivity contribution in [2.45, 2.75) is 51.5 Å². The van der Waals surface area contributed by atoms with Gasteiger partial charge in [0.1, 0.15) is 0 Å². The average molecular weight is 457 g/mol. The number of fused-ring (bicyclic) bond motifs is 4. The topological polar surface area (TPSA) is 72.4 Å². The number of nitriles is 1. The molecule has 2 fully saturated rings. The standard InChI is InChI=1S/C28H32N4O2/c1-4-18-11-19-12-21-26-23(9-17(14-29)10-25(26)33)30-27(21)28(2,3)22(19)13-24(18)32-7-5-31(6-8-32)20-15-34-16-20/h9,11,13,20,30H,4-8,10,12,15-16H2,1-3H3. The van der Waals surface area contributed by atoms with Crippen LogP contribution >= 0.6 is 0 Å². The number of allylic oxidation sites excluding steroid dienone is 1. The largest absolute Gasteiger partial charge is 0.378 e. The first-order valence-electron chi connectivity index (χ1n) is 12.5. The minimum atomic E-state index is -0.243. The van der Waals surface area contributed by atoms with E-state index in [1.54, 1.807) is 0 Å². The van der Waals surface area contributed by atoms with Crippen molar-refractivity contribution in [3.8, 4) is 6.07 Å². The third kappa shape index (κ3) is 3.18. The Hall–Kier alpha value is -2.88. The van der Waals surface area contributed by atoms with Crippen LogP contribution in [0.2, 0.25) is 0 Å². The summed E-state index contributed by atoms with van der Waals surface area (Å²) in [6, 6.07) is 7.60. The van der Waals surface area contributed by atoms with Crippen molar-refractivity contribution in [2.75, 3.05) is 44.3 Å². The molecule has 176 valence electrons. The number of benzene rings is 1. The van der Waals surface area contributed by atoms with E-state index >= 15 is 0 Å². The lowest BCUT2D eigenvalue weighted by molar-refractivity contribution is -0.0660. The van der Waals surface area contributed by atoms with Gasteiger partial charge in [-0.25, -0.2) is 0 Å². The number of aromatic amines is 1. The molecule has 6 rings (SSSR count). The molecule has 2 aromatic rings. The Bertz CT molecular complexity index is 1250. The van der Waals surface area contributed by atoms with Gasteiger partial charge in [-0.3, -0.25) is 9.69 Å². The van der Waals surface area contributed by atoms with Crippen molar-refractivity contribution in [3.05, 3.63) is 56.9 Å². The summed E-state index contributed by atoms with van der Waals surface area (Å²) in [4.78, 5) is 21.7. The summed E-state index contributed by atoms with van der Waals surface area (Å²) >= 11 is 0. The SMILES string of the molecule is CCc1cc2c(cc1N1CCN(C3COC3)CC1)C(C)(C)c1[nH]c3c(c1C2)C(=O)CC(C#N)=C3. The number of piperazine rings is 1. The van der Waals surface area contributed by atoms with Gasteiger partial charge in [0, 0.05) is 67.0 Å². The molecule has 6 nitrogen and oxygen atoms in total. The van der Waals surface area contributed by atoms with E-state index in [1.807, 2.05) is 6.08 Å². The van der Waals surface area contributed by atoms with Crippen LogP contribution in [0.15, 0.2) is 17.7 Å². The molecule has 3 heterocycles. The number of aromatic nitrogens is 1. The number of ether oxygens (including phenoxy) is 1. The molecular formula is C28H32N4O2. The highest BCUT2D eigenvalue weighted by molar-refractivity contribution is 6.06. The van der Waals surface area contributed by atoms with E-state index in [0.717, 1.165) is 74.7 Å². The van der Waals surface area contributed by atoms with E-state index in [9.17, 15) is 10.1 Å². The minimum Gasteiger partial charge on any atom is -0.378 e. The summed E-state index contributed by atoms with van der Waals surface area (Å²) in [6.07, 6.45) is 3.83. The molecule has 0 bridgehead atoms. The van der Waals surface area contributed by atoms with Crippen LogP contribution in [0.5, 0.6) is 0 Å². The molecule has 6 heteroatoms. The second kappa shape index (κ2) is 7.83. The fraction of sp³-hybridized carbons (Fsp3) is 0.500. The number of anilines is 1. The molecular weight excluding hydrogens is 424 g/mol. The zero-order valence-corrected chi connectivity index (χ0v) is 20.3. The Morgan fingerprint density at radius 1 is 1.18 bits per heavy atom. The van der Waals surface area contributed by atoms with Crippen molar-refractivity contribution in [3.63, 3.8) is 0 Å². The number of nitrogens with zero attached hydrogens (tertiary/aromatic N) is 3. The highest BCUT2D eigenvalue weighted by Gasteiger charge is 2.39. The molecule has 0 amide bonds. The highest BCUT2D eigenvalue weighted by Crippen LogP contribution is 2.46. The molecule has 2 aliphatic heterocycles. The number of rotatable bonds is 3. The normalized spacial score (nSPS) is 21.8. The van der Waals surface area contributed by atoms with E-state index in [0.29, 0.717) is 11.6 Å². The fourth-order valence-electron chi connectivity index (χ4n) is 6.33.